The Kier molecular flexibility index (Phi) is 5.42. The summed E-state index contributed by atoms with van der Waals surface area (Å²) in [5.41, 5.74) is 0.840. The predicted molar refractivity (Wildman–Crippen MR) is 66.4 cm³/mol. The molecule has 0 saturated carbocycles. The molecule has 5 heteroatoms. The molecule has 1 amide bonds. The lowest BCUT2D eigenvalue weighted by Crippen LogP contribution is -2.19. The van der Waals surface area contributed by atoms with Crippen molar-refractivity contribution in [3.63, 3.8) is 0 Å². The van der Waals surface area contributed by atoms with Gasteiger partial charge in [0.25, 0.3) is 5.91 Å². The molecular weight excluding hydrogens is 272 g/mol. The van der Waals surface area contributed by atoms with Gasteiger partial charge in [-0.25, -0.2) is 4.98 Å². The van der Waals surface area contributed by atoms with Crippen LogP contribution in [0.1, 0.15) is 19.0 Å². The van der Waals surface area contributed by atoms with Gasteiger partial charge in [0, 0.05) is 11.1 Å². The number of carbonyl (C=O) groups is 1. The Hall–Kier alpha value is -0.940. The fourth-order valence-electron chi connectivity index (χ4n) is 1.10. The zero-order valence-electron chi connectivity index (χ0n) is 9.42. The van der Waals surface area contributed by atoms with Crippen LogP contribution in [0.5, 0.6) is 0 Å². The Morgan fingerprint density at radius 1 is 1.56 bits per heavy atom. The van der Waals surface area contributed by atoms with Crippen molar-refractivity contribution in [3.05, 3.63) is 22.3 Å². The average molecular weight is 287 g/mol. The first-order chi connectivity index (χ1) is 7.63. The van der Waals surface area contributed by atoms with E-state index in [0.29, 0.717) is 12.4 Å². The molecule has 0 bridgehead atoms. The number of anilines is 1. The van der Waals surface area contributed by atoms with Gasteiger partial charge < -0.3 is 10.1 Å². The molecule has 1 aromatic rings. The highest BCUT2D eigenvalue weighted by Gasteiger charge is 2.04. The van der Waals surface area contributed by atoms with E-state index in [-0.39, 0.29) is 12.5 Å². The molecule has 0 aliphatic heterocycles. The van der Waals surface area contributed by atoms with Crippen LogP contribution in [0.15, 0.2) is 16.6 Å². The average Bonchev–Trinajstić information content (AvgIpc) is 2.24. The van der Waals surface area contributed by atoms with Gasteiger partial charge in [-0.05, 0) is 41.4 Å². The van der Waals surface area contributed by atoms with Gasteiger partial charge in [0.15, 0.2) is 0 Å². The molecule has 4 nitrogen and oxygen atoms in total. The first-order valence-corrected chi connectivity index (χ1v) is 5.93. The minimum atomic E-state index is -0.178. The number of aryl methyl sites for hydroxylation is 1. The van der Waals surface area contributed by atoms with Crippen LogP contribution < -0.4 is 5.32 Å². The van der Waals surface area contributed by atoms with Crippen molar-refractivity contribution in [2.45, 2.75) is 20.3 Å². The van der Waals surface area contributed by atoms with Gasteiger partial charge in [-0.2, -0.15) is 0 Å². The number of halogens is 1. The van der Waals surface area contributed by atoms with E-state index in [4.69, 9.17) is 4.74 Å². The number of hydrogen-bond donors (Lipinski definition) is 1. The maximum Gasteiger partial charge on any atom is 0.251 e. The molecule has 0 unspecified atom stereocenters. The summed E-state index contributed by atoms with van der Waals surface area (Å²) in [6.45, 7) is 4.54. The molecule has 0 radical (unpaired) electrons. The first kappa shape index (κ1) is 13.1. The van der Waals surface area contributed by atoms with Crippen LogP contribution in [0.2, 0.25) is 0 Å². The van der Waals surface area contributed by atoms with Crippen LogP contribution in [-0.2, 0) is 9.53 Å². The Balaban J connectivity index is 2.46. The van der Waals surface area contributed by atoms with Crippen LogP contribution in [-0.4, -0.2) is 24.1 Å². The van der Waals surface area contributed by atoms with Crippen molar-refractivity contribution < 1.29 is 9.53 Å². The molecule has 0 aromatic carbocycles. The number of nitrogens with zero attached hydrogens (tertiary/aromatic N) is 1. The summed E-state index contributed by atoms with van der Waals surface area (Å²) < 4.78 is 6.05. The lowest BCUT2D eigenvalue weighted by atomic mass is 10.4. The largest absolute Gasteiger partial charge is 0.372 e. The van der Waals surface area contributed by atoms with Crippen molar-refractivity contribution in [1.29, 1.82) is 0 Å². The van der Waals surface area contributed by atoms with Gasteiger partial charge >= 0.3 is 0 Å². The Morgan fingerprint density at radius 3 is 2.94 bits per heavy atom. The van der Waals surface area contributed by atoms with Crippen LogP contribution in [0.25, 0.3) is 0 Å². The number of ether oxygens (including phenoxy) is 1. The van der Waals surface area contributed by atoms with Gasteiger partial charge in [0.2, 0.25) is 0 Å². The monoisotopic (exact) mass is 286 g/mol. The zero-order chi connectivity index (χ0) is 12.0. The summed E-state index contributed by atoms with van der Waals surface area (Å²) in [7, 11) is 0. The Morgan fingerprint density at radius 2 is 2.31 bits per heavy atom. The number of pyridine rings is 1. The van der Waals surface area contributed by atoms with E-state index < -0.39 is 0 Å². The summed E-state index contributed by atoms with van der Waals surface area (Å²) in [6.07, 6.45) is 0.906. The van der Waals surface area contributed by atoms with E-state index in [9.17, 15) is 4.79 Å². The highest BCUT2D eigenvalue weighted by Crippen LogP contribution is 2.15. The van der Waals surface area contributed by atoms with E-state index in [1.54, 1.807) is 6.07 Å². The van der Waals surface area contributed by atoms with Crippen molar-refractivity contribution in [2.24, 2.45) is 0 Å². The molecule has 0 spiro atoms. The van der Waals surface area contributed by atoms with Crippen LogP contribution in [0.3, 0.4) is 0 Å². The van der Waals surface area contributed by atoms with Gasteiger partial charge in [-0.1, -0.05) is 6.92 Å². The lowest BCUT2D eigenvalue weighted by molar-refractivity contribution is -0.120. The van der Waals surface area contributed by atoms with Gasteiger partial charge in [0.1, 0.15) is 12.4 Å². The Bertz CT molecular complexity index is 369. The second-order valence-electron chi connectivity index (χ2n) is 3.36. The third-order valence-electron chi connectivity index (χ3n) is 1.87. The minimum Gasteiger partial charge on any atom is -0.372 e. The molecule has 0 fully saturated rings. The van der Waals surface area contributed by atoms with E-state index in [2.05, 4.69) is 26.2 Å². The summed E-state index contributed by atoms with van der Waals surface area (Å²) in [5, 5.41) is 2.67. The topological polar surface area (TPSA) is 51.2 Å². The predicted octanol–water partition coefficient (Wildman–Crippen LogP) is 2.52. The molecule has 0 aliphatic rings. The van der Waals surface area contributed by atoms with Crippen molar-refractivity contribution in [1.82, 2.24) is 4.98 Å². The maximum atomic E-state index is 11.4. The Labute approximate surface area is 104 Å². The standard InChI is InChI=1S/C11H15BrN2O2/c1-3-6-16-7-11(15)14-10-5-4-9(12)8(2)13-10/h4-5H,3,6-7H2,1-2H3,(H,13,14,15). The maximum absolute atomic E-state index is 11.4. The van der Waals surface area contributed by atoms with Crippen molar-refractivity contribution in [3.8, 4) is 0 Å². The molecule has 1 aromatic heterocycles. The van der Waals surface area contributed by atoms with Gasteiger partial charge in [-0.3, -0.25) is 4.79 Å². The van der Waals surface area contributed by atoms with Crippen molar-refractivity contribution in [2.75, 3.05) is 18.5 Å². The fourth-order valence-corrected chi connectivity index (χ4v) is 1.32. The minimum absolute atomic E-state index is 0.0740. The molecule has 0 atom stereocenters. The second kappa shape index (κ2) is 6.60. The van der Waals surface area contributed by atoms with Crippen molar-refractivity contribution >= 4 is 27.7 Å². The third-order valence-corrected chi connectivity index (χ3v) is 2.71. The second-order valence-corrected chi connectivity index (χ2v) is 4.22. The molecule has 16 heavy (non-hydrogen) atoms. The van der Waals surface area contributed by atoms with E-state index in [1.807, 2.05) is 19.9 Å². The number of hydrogen-bond acceptors (Lipinski definition) is 3. The summed E-state index contributed by atoms with van der Waals surface area (Å²) in [6, 6.07) is 3.60. The van der Waals surface area contributed by atoms with Crippen LogP contribution in [0.4, 0.5) is 5.82 Å². The number of carbonyl (C=O) groups excluding carboxylic acids is 1. The highest BCUT2D eigenvalue weighted by molar-refractivity contribution is 9.10. The molecule has 1 N–H and O–H groups in total. The van der Waals surface area contributed by atoms with Crippen LogP contribution in [0, 0.1) is 6.92 Å². The van der Waals surface area contributed by atoms with Crippen LogP contribution >= 0.6 is 15.9 Å². The zero-order valence-corrected chi connectivity index (χ0v) is 11.0. The molecular formula is C11H15BrN2O2. The number of rotatable bonds is 5. The molecule has 88 valence electrons. The summed E-state index contributed by atoms with van der Waals surface area (Å²) >= 11 is 3.35. The number of aromatic nitrogens is 1. The summed E-state index contributed by atoms with van der Waals surface area (Å²) in [4.78, 5) is 15.6. The van der Waals surface area contributed by atoms with Gasteiger partial charge in [0.05, 0.1) is 5.69 Å². The molecule has 1 heterocycles. The highest BCUT2D eigenvalue weighted by atomic mass is 79.9. The molecule has 1 rings (SSSR count). The first-order valence-electron chi connectivity index (χ1n) is 5.14. The SMILES string of the molecule is CCCOCC(=O)Nc1ccc(Br)c(C)n1. The van der Waals surface area contributed by atoms with E-state index in [0.717, 1.165) is 16.6 Å². The smallest absolute Gasteiger partial charge is 0.251 e. The lowest BCUT2D eigenvalue weighted by Gasteiger charge is -2.06. The summed E-state index contributed by atoms with van der Waals surface area (Å²) in [5.74, 6) is 0.369. The number of amides is 1. The molecule has 0 saturated heterocycles. The number of nitrogens with one attached hydrogen (secondary N) is 1. The third kappa shape index (κ3) is 4.28. The van der Waals surface area contributed by atoms with E-state index in [1.165, 1.54) is 0 Å². The van der Waals surface area contributed by atoms with E-state index >= 15 is 0 Å². The normalized spacial score (nSPS) is 10.2. The quantitative estimate of drug-likeness (QED) is 0.847. The molecule has 0 aliphatic carbocycles. The fraction of sp³-hybridized carbons (Fsp3) is 0.455. The van der Waals surface area contributed by atoms with Gasteiger partial charge in [-0.15, -0.1) is 0 Å².